The van der Waals surface area contributed by atoms with E-state index in [0.717, 1.165) is 0 Å². The van der Waals surface area contributed by atoms with Gasteiger partial charge < -0.3 is 5.32 Å². The van der Waals surface area contributed by atoms with E-state index in [1.54, 1.807) is 32.2 Å². The van der Waals surface area contributed by atoms with E-state index in [1.165, 1.54) is 6.07 Å². The fourth-order valence-corrected chi connectivity index (χ4v) is 1.65. The Kier molecular flexibility index (Phi) is 3.24. The van der Waals surface area contributed by atoms with Gasteiger partial charge in [0.1, 0.15) is 17.7 Å². The summed E-state index contributed by atoms with van der Waals surface area (Å²) in [7, 11) is 1.70. The fourth-order valence-electron chi connectivity index (χ4n) is 1.65. The molecule has 0 saturated heterocycles. The predicted octanol–water partition coefficient (Wildman–Crippen LogP) is 3.11. The van der Waals surface area contributed by atoms with E-state index in [9.17, 15) is 4.39 Å². The number of nitrogens with zero attached hydrogens (tertiary/aromatic N) is 2. The lowest BCUT2D eigenvalue weighted by atomic mass is 10.1. The summed E-state index contributed by atoms with van der Waals surface area (Å²) in [6.07, 6.45) is 0. The van der Waals surface area contributed by atoms with Gasteiger partial charge in [0, 0.05) is 12.6 Å². The Bertz CT molecular complexity index is 629. The number of pyridine rings is 1. The fraction of sp³-hybridized carbons (Fsp3) is 0.143. The Morgan fingerprint density at radius 1 is 1.28 bits per heavy atom. The Morgan fingerprint density at radius 3 is 2.67 bits per heavy atom. The van der Waals surface area contributed by atoms with Crippen LogP contribution in [0.2, 0.25) is 0 Å². The number of aryl methyl sites for hydroxylation is 1. The molecule has 0 atom stereocenters. The number of hydrogen-bond acceptors (Lipinski definition) is 3. The minimum Gasteiger partial charge on any atom is -0.372 e. The molecule has 1 N–H and O–H groups in total. The van der Waals surface area contributed by atoms with Crippen LogP contribution in [0.4, 0.5) is 10.2 Å². The molecule has 0 amide bonds. The van der Waals surface area contributed by atoms with Gasteiger partial charge in [-0.25, -0.2) is 9.37 Å². The maximum absolute atomic E-state index is 13.5. The number of rotatable bonds is 2. The van der Waals surface area contributed by atoms with Gasteiger partial charge in [0.25, 0.3) is 0 Å². The van der Waals surface area contributed by atoms with Gasteiger partial charge in [-0.1, -0.05) is 12.1 Å². The van der Waals surface area contributed by atoms with Gasteiger partial charge in [0.15, 0.2) is 0 Å². The summed E-state index contributed by atoms with van der Waals surface area (Å²) >= 11 is 0. The van der Waals surface area contributed by atoms with Crippen molar-refractivity contribution in [2.45, 2.75) is 6.92 Å². The number of benzene rings is 1. The average molecular weight is 241 g/mol. The first-order valence-corrected chi connectivity index (χ1v) is 5.51. The predicted molar refractivity (Wildman–Crippen MR) is 68.6 cm³/mol. The Labute approximate surface area is 105 Å². The highest BCUT2D eigenvalue weighted by Crippen LogP contribution is 2.23. The molecule has 1 aromatic heterocycles. The third-order valence-corrected chi connectivity index (χ3v) is 2.72. The van der Waals surface area contributed by atoms with Crippen molar-refractivity contribution in [2.75, 3.05) is 12.4 Å². The van der Waals surface area contributed by atoms with Crippen LogP contribution in [0.3, 0.4) is 0 Å². The number of nitriles is 1. The van der Waals surface area contributed by atoms with Gasteiger partial charge in [-0.2, -0.15) is 5.26 Å². The molecular weight excluding hydrogens is 229 g/mol. The van der Waals surface area contributed by atoms with E-state index in [2.05, 4.69) is 10.3 Å². The number of aromatic nitrogens is 1. The van der Waals surface area contributed by atoms with Gasteiger partial charge in [0.05, 0.1) is 11.3 Å². The first-order valence-electron chi connectivity index (χ1n) is 5.51. The number of anilines is 1. The lowest BCUT2D eigenvalue weighted by molar-refractivity contribution is 0.619. The van der Waals surface area contributed by atoms with E-state index in [4.69, 9.17) is 5.26 Å². The van der Waals surface area contributed by atoms with Crippen LogP contribution < -0.4 is 5.32 Å². The first kappa shape index (κ1) is 12.1. The standard InChI is InChI=1S/C14H12FN3/c1-9-3-4-10(7-12(9)15)13-6-5-11(8-16)14(17-2)18-13/h3-7H,1-2H3,(H,17,18). The van der Waals surface area contributed by atoms with E-state index in [1.807, 2.05) is 12.1 Å². The van der Waals surface area contributed by atoms with Crippen molar-refractivity contribution >= 4 is 5.82 Å². The second-order valence-corrected chi connectivity index (χ2v) is 3.92. The van der Waals surface area contributed by atoms with Gasteiger partial charge in [0.2, 0.25) is 0 Å². The first-order chi connectivity index (χ1) is 8.65. The van der Waals surface area contributed by atoms with Gasteiger partial charge in [-0.3, -0.25) is 0 Å². The van der Waals surface area contributed by atoms with Crippen LogP contribution >= 0.6 is 0 Å². The van der Waals surface area contributed by atoms with Gasteiger partial charge in [-0.05, 0) is 30.7 Å². The van der Waals surface area contributed by atoms with E-state index in [0.29, 0.717) is 28.2 Å². The SMILES string of the molecule is CNc1nc(-c2ccc(C)c(F)c2)ccc1C#N. The molecule has 0 bridgehead atoms. The summed E-state index contributed by atoms with van der Waals surface area (Å²) in [5.74, 6) is 0.237. The monoisotopic (exact) mass is 241 g/mol. The number of nitrogens with one attached hydrogen (secondary N) is 1. The third kappa shape index (κ3) is 2.16. The maximum Gasteiger partial charge on any atom is 0.144 e. The molecule has 18 heavy (non-hydrogen) atoms. The van der Waals surface area contributed by atoms with Crippen molar-refractivity contribution in [1.82, 2.24) is 4.98 Å². The van der Waals surface area contributed by atoms with Gasteiger partial charge in [-0.15, -0.1) is 0 Å². The van der Waals surface area contributed by atoms with Crippen LogP contribution in [0.1, 0.15) is 11.1 Å². The minimum atomic E-state index is -0.260. The normalized spacial score (nSPS) is 9.89. The maximum atomic E-state index is 13.5. The Morgan fingerprint density at radius 2 is 2.06 bits per heavy atom. The van der Waals surface area contributed by atoms with Crippen molar-refractivity contribution in [3.8, 4) is 17.3 Å². The molecule has 1 aromatic carbocycles. The second kappa shape index (κ2) is 4.84. The summed E-state index contributed by atoms with van der Waals surface area (Å²) in [5, 5.41) is 11.8. The molecule has 3 nitrogen and oxygen atoms in total. The summed E-state index contributed by atoms with van der Waals surface area (Å²) in [6.45, 7) is 1.71. The topological polar surface area (TPSA) is 48.7 Å². The average Bonchev–Trinajstić information content (AvgIpc) is 2.41. The number of halogens is 1. The number of hydrogen-bond donors (Lipinski definition) is 1. The highest BCUT2D eigenvalue weighted by Gasteiger charge is 2.07. The molecular formula is C14H12FN3. The van der Waals surface area contributed by atoms with Crippen LogP contribution in [-0.2, 0) is 0 Å². The molecule has 0 unspecified atom stereocenters. The molecule has 2 rings (SSSR count). The quantitative estimate of drug-likeness (QED) is 0.878. The molecule has 0 saturated carbocycles. The molecule has 0 fully saturated rings. The van der Waals surface area contributed by atoms with E-state index in [-0.39, 0.29) is 5.82 Å². The zero-order chi connectivity index (χ0) is 13.1. The van der Waals surface area contributed by atoms with E-state index >= 15 is 0 Å². The van der Waals surface area contributed by atoms with Crippen molar-refractivity contribution in [1.29, 1.82) is 5.26 Å². The van der Waals surface area contributed by atoms with Crippen molar-refractivity contribution in [3.05, 3.63) is 47.3 Å². The Balaban J connectivity index is 2.51. The smallest absolute Gasteiger partial charge is 0.144 e. The molecule has 90 valence electrons. The summed E-state index contributed by atoms with van der Waals surface area (Å²) < 4.78 is 13.5. The lowest BCUT2D eigenvalue weighted by Crippen LogP contribution is -1.97. The molecule has 2 aromatic rings. The molecule has 1 heterocycles. The van der Waals surface area contributed by atoms with Crippen LogP contribution in [-0.4, -0.2) is 12.0 Å². The largest absolute Gasteiger partial charge is 0.372 e. The van der Waals surface area contributed by atoms with E-state index < -0.39 is 0 Å². The Hall–Kier alpha value is -2.41. The summed E-state index contributed by atoms with van der Waals surface area (Å²) in [6, 6.07) is 10.4. The van der Waals surface area contributed by atoms with Gasteiger partial charge >= 0.3 is 0 Å². The summed E-state index contributed by atoms with van der Waals surface area (Å²) in [5.41, 5.74) is 2.39. The van der Waals surface area contributed by atoms with Crippen molar-refractivity contribution in [3.63, 3.8) is 0 Å². The zero-order valence-electron chi connectivity index (χ0n) is 10.2. The minimum absolute atomic E-state index is 0.260. The molecule has 4 heteroatoms. The van der Waals surface area contributed by atoms with Crippen LogP contribution in [0.15, 0.2) is 30.3 Å². The van der Waals surface area contributed by atoms with Crippen molar-refractivity contribution < 1.29 is 4.39 Å². The van der Waals surface area contributed by atoms with Crippen molar-refractivity contribution in [2.24, 2.45) is 0 Å². The lowest BCUT2D eigenvalue weighted by Gasteiger charge is -2.07. The highest BCUT2D eigenvalue weighted by atomic mass is 19.1. The summed E-state index contributed by atoms with van der Waals surface area (Å²) in [4.78, 5) is 4.30. The third-order valence-electron chi connectivity index (χ3n) is 2.72. The molecule has 0 spiro atoms. The molecule has 0 aliphatic heterocycles. The second-order valence-electron chi connectivity index (χ2n) is 3.92. The van der Waals surface area contributed by atoms with Crippen LogP contribution in [0.25, 0.3) is 11.3 Å². The van der Waals surface area contributed by atoms with Crippen LogP contribution in [0.5, 0.6) is 0 Å². The molecule has 0 radical (unpaired) electrons. The highest BCUT2D eigenvalue weighted by molar-refractivity contribution is 5.65. The molecule has 0 aliphatic carbocycles. The van der Waals surface area contributed by atoms with Crippen LogP contribution in [0, 0.1) is 24.1 Å². The zero-order valence-corrected chi connectivity index (χ0v) is 10.2. The molecule has 0 aliphatic rings.